The third-order valence-corrected chi connectivity index (χ3v) is 5.42. The molecule has 1 aliphatic rings. The van der Waals surface area contributed by atoms with E-state index in [0.29, 0.717) is 16.5 Å². The predicted octanol–water partition coefficient (Wildman–Crippen LogP) is 5.13. The van der Waals surface area contributed by atoms with Crippen molar-refractivity contribution in [3.8, 4) is 11.5 Å². The largest absolute Gasteiger partial charge is 0.495 e. The second-order valence-electron chi connectivity index (χ2n) is 8.93. The van der Waals surface area contributed by atoms with Crippen LogP contribution in [-0.2, 0) is 14.3 Å². The van der Waals surface area contributed by atoms with Crippen LogP contribution < -0.4 is 14.8 Å². The summed E-state index contributed by atoms with van der Waals surface area (Å²) < 4.78 is 22.4. The molecule has 0 radical (unpaired) electrons. The zero-order chi connectivity index (χ0) is 23.2. The summed E-state index contributed by atoms with van der Waals surface area (Å²) in [5.41, 5.74) is -0.651. The Hall–Kier alpha value is -2.15. The van der Waals surface area contributed by atoms with Crippen molar-refractivity contribution in [2.75, 3.05) is 7.11 Å². The van der Waals surface area contributed by atoms with Gasteiger partial charge in [0.05, 0.1) is 12.1 Å². The molecule has 7 nitrogen and oxygen atoms in total. The third kappa shape index (κ3) is 7.80. The smallest absolute Gasteiger partial charge is 0.408 e. The van der Waals surface area contributed by atoms with Crippen LogP contribution in [-0.4, -0.2) is 43.0 Å². The van der Waals surface area contributed by atoms with Crippen LogP contribution in [0.2, 0.25) is 5.02 Å². The fourth-order valence-electron chi connectivity index (χ4n) is 3.63. The normalized spacial score (nSPS) is 17.4. The molecular formula is C23H34ClNO6. The lowest BCUT2D eigenvalue weighted by Crippen LogP contribution is -2.46. The van der Waals surface area contributed by atoms with Crippen LogP contribution in [0, 0.1) is 5.92 Å². The molecule has 1 N–H and O–H groups in total. The number of esters is 1. The van der Waals surface area contributed by atoms with Gasteiger partial charge in [0, 0.05) is 6.07 Å². The van der Waals surface area contributed by atoms with Gasteiger partial charge in [-0.05, 0) is 65.5 Å². The Labute approximate surface area is 189 Å². The number of rotatable bonds is 8. The monoisotopic (exact) mass is 455 g/mol. The molecule has 8 heteroatoms. The number of hydrogen-bond donors (Lipinski definition) is 1. The lowest BCUT2D eigenvalue weighted by molar-refractivity contribution is -0.156. The zero-order valence-electron chi connectivity index (χ0n) is 19.2. The fraction of sp³-hybridized carbons (Fsp3) is 0.652. The molecule has 2 rings (SSSR count). The summed E-state index contributed by atoms with van der Waals surface area (Å²) in [5, 5.41) is 3.01. The van der Waals surface area contributed by atoms with Gasteiger partial charge in [-0.2, -0.15) is 0 Å². The Morgan fingerprint density at radius 1 is 1.16 bits per heavy atom. The summed E-state index contributed by atoms with van der Waals surface area (Å²) in [6.45, 7) is 8.65. The van der Waals surface area contributed by atoms with Crippen LogP contribution in [0.3, 0.4) is 0 Å². The minimum atomic E-state index is -0.850. The second kappa shape index (κ2) is 10.9. The van der Waals surface area contributed by atoms with E-state index < -0.39 is 29.8 Å². The first kappa shape index (κ1) is 25.1. The average molecular weight is 456 g/mol. The van der Waals surface area contributed by atoms with E-state index in [4.69, 9.17) is 30.5 Å². The lowest BCUT2D eigenvalue weighted by atomic mass is 9.96. The number of hydrogen-bond acceptors (Lipinski definition) is 6. The van der Waals surface area contributed by atoms with E-state index in [2.05, 4.69) is 5.32 Å². The Bertz CT molecular complexity index is 757. The minimum absolute atomic E-state index is 0.263. The van der Waals surface area contributed by atoms with Crippen LogP contribution in [0.1, 0.15) is 60.3 Å². The minimum Gasteiger partial charge on any atom is -0.495 e. The third-order valence-electron chi connectivity index (χ3n) is 5.11. The molecule has 1 fully saturated rings. The van der Waals surface area contributed by atoms with Gasteiger partial charge in [0.15, 0.2) is 0 Å². The molecule has 0 spiro atoms. The van der Waals surface area contributed by atoms with Gasteiger partial charge in [-0.25, -0.2) is 9.59 Å². The molecule has 1 saturated carbocycles. The number of methoxy groups -OCH3 is 1. The highest BCUT2D eigenvalue weighted by Crippen LogP contribution is 2.35. The first-order valence-electron chi connectivity index (χ1n) is 10.7. The molecule has 0 saturated heterocycles. The quantitative estimate of drug-likeness (QED) is 0.547. The molecule has 1 amide bonds. The molecule has 1 aromatic rings. The first-order chi connectivity index (χ1) is 14.5. The summed E-state index contributed by atoms with van der Waals surface area (Å²) in [5.74, 6) is 0.836. The molecular weight excluding hydrogens is 422 g/mol. The van der Waals surface area contributed by atoms with Crippen LogP contribution >= 0.6 is 11.6 Å². The highest BCUT2D eigenvalue weighted by Gasteiger charge is 2.34. The summed E-state index contributed by atoms with van der Waals surface area (Å²) >= 11 is 6.11. The van der Waals surface area contributed by atoms with Gasteiger partial charge in [-0.1, -0.05) is 24.4 Å². The number of benzene rings is 1. The van der Waals surface area contributed by atoms with Gasteiger partial charge in [0.1, 0.15) is 35.3 Å². The molecule has 3 atom stereocenters. The molecule has 31 heavy (non-hydrogen) atoms. The van der Waals surface area contributed by atoms with Gasteiger partial charge < -0.3 is 24.3 Å². The Morgan fingerprint density at radius 2 is 1.81 bits per heavy atom. The van der Waals surface area contributed by atoms with Gasteiger partial charge in [0.2, 0.25) is 0 Å². The van der Waals surface area contributed by atoms with E-state index in [1.54, 1.807) is 53.0 Å². The maximum absolute atomic E-state index is 12.6. The number of nitrogens with one attached hydrogen (secondary N) is 1. The Kier molecular flexibility index (Phi) is 8.86. The number of ether oxygens (including phenoxy) is 4. The molecule has 0 aliphatic heterocycles. The van der Waals surface area contributed by atoms with Crippen molar-refractivity contribution in [3.05, 3.63) is 23.2 Å². The summed E-state index contributed by atoms with van der Waals surface area (Å²) in [7, 11) is 1.54. The maximum Gasteiger partial charge on any atom is 0.408 e. The van der Waals surface area contributed by atoms with Gasteiger partial charge >= 0.3 is 12.1 Å². The topological polar surface area (TPSA) is 83.1 Å². The van der Waals surface area contributed by atoms with Crippen molar-refractivity contribution >= 4 is 23.7 Å². The van der Waals surface area contributed by atoms with Gasteiger partial charge in [-0.15, -0.1) is 0 Å². The highest BCUT2D eigenvalue weighted by molar-refractivity contribution is 6.32. The van der Waals surface area contributed by atoms with Crippen LogP contribution in [0.4, 0.5) is 4.79 Å². The Balaban J connectivity index is 2.05. The van der Waals surface area contributed by atoms with Crippen molar-refractivity contribution in [2.45, 2.75) is 84.2 Å². The van der Waals surface area contributed by atoms with E-state index in [1.807, 2.05) is 6.92 Å². The van der Waals surface area contributed by atoms with Crippen LogP contribution in [0.25, 0.3) is 0 Å². The average Bonchev–Trinajstić information content (AvgIpc) is 3.19. The maximum atomic E-state index is 12.6. The standard InChI is InChI=1S/C23H34ClNO6/c1-14(25-22(27)31-23(3,4)5)21(26)29-15(2)20(16-9-7-8-10-16)30-17-11-12-18(24)19(13-17)28-6/h11-16,20H,7-10H2,1-6H3,(H,25,27)/t14-,15-,20-/m0/s1. The highest BCUT2D eigenvalue weighted by atomic mass is 35.5. The van der Waals surface area contributed by atoms with E-state index in [9.17, 15) is 9.59 Å². The van der Waals surface area contributed by atoms with E-state index >= 15 is 0 Å². The van der Waals surface area contributed by atoms with Crippen molar-refractivity contribution in [1.29, 1.82) is 0 Å². The lowest BCUT2D eigenvalue weighted by Gasteiger charge is -2.30. The molecule has 0 unspecified atom stereocenters. The summed E-state index contributed by atoms with van der Waals surface area (Å²) in [6.07, 6.45) is 2.73. The SMILES string of the molecule is COc1cc(O[C@H](C2CCCC2)[C@H](C)OC(=O)[C@H](C)NC(=O)OC(C)(C)C)ccc1Cl. The number of amides is 1. The zero-order valence-corrected chi connectivity index (χ0v) is 20.0. The molecule has 1 aromatic carbocycles. The molecule has 0 bridgehead atoms. The van der Waals surface area contributed by atoms with Crippen molar-refractivity contribution < 1.29 is 28.5 Å². The van der Waals surface area contributed by atoms with E-state index in [0.717, 1.165) is 25.7 Å². The number of alkyl carbamates (subject to hydrolysis) is 1. The molecule has 1 aliphatic carbocycles. The van der Waals surface area contributed by atoms with Crippen molar-refractivity contribution in [1.82, 2.24) is 5.32 Å². The van der Waals surface area contributed by atoms with Gasteiger partial charge in [0.25, 0.3) is 0 Å². The second-order valence-corrected chi connectivity index (χ2v) is 9.34. The number of halogens is 1. The molecule has 174 valence electrons. The molecule has 0 heterocycles. The van der Waals surface area contributed by atoms with Gasteiger partial charge in [-0.3, -0.25) is 0 Å². The van der Waals surface area contributed by atoms with Crippen molar-refractivity contribution in [3.63, 3.8) is 0 Å². The Morgan fingerprint density at radius 3 is 2.39 bits per heavy atom. The molecule has 0 aromatic heterocycles. The van der Waals surface area contributed by atoms with Crippen molar-refractivity contribution in [2.24, 2.45) is 5.92 Å². The first-order valence-corrected chi connectivity index (χ1v) is 11.1. The predicted molar refractivity (Wildman–Crippen MR) is 119 cm³/mol. The number of carbonyl (C=O) groups is 2. The fourth-order valence-corrected chi connectivity index (χ4v) is 3.82. The van der Waals surface area contributed by atoms with E-state index in [1.165, 1.54) is 0 Å². The number of carbonyl (C=O) groups excluding carboxylic acids is 2. The van der Waals surface area contributed by atoms with Crippen LogP contribution in [0.15, 0.2) is 18.2 Å². The summed E-state index contributed by atoms with van der Waals surface area (Å²) in [6, 6.07) is 4.36. The summed E-state index contributed by atoms with van der Waals surface area (Å²) in [4.78, 5) is 24.5. The van der Waals surface area contributed by atoms with Crippen LogP contribution in [0.5, 0.6) is 11.5 Å². The van der Waals surface area contributed by atoms with E-state index in [-0.39, 0.29) is 12.0 Å².